The van der Waals surface area contributed by atoms with Gasteiger partial charge in [0.1, 0.15) is 6.54 Å². The van der Waals surface area contributed by atoms with Gasteiger partial charge in [-0.1, -0.05) is 5.21 Å². The number of aromatic nitrogens is 5. The van der Waals surface area contributed by atoms with Crippen molar-refractivity contribution in [2.24, 2.45) is 0 Å². The van der Waals surface area contributed by atoms with Crippen molar-refractivity contribution in [2.45, 2.75) is 20.4 Å². The largest absolute Gasteiger partial charge is 0.450 e. The van der Waals surface area contributed by atoms with Crippen molar-refractivity contribution in [3.8, 4) is 0 Å². The molecular weight excluding hydrogens is 278 g/mol. The maximum absolute atomic E-state index is 11.8. The van der Waals surface area contributed by atoms with Gasteiger partial charge in [-0.2, -0.15) is 5.10 Å². The molecule has 0 aliphatic carbocycles. The van der Waals surface area contributed by atoms with Crippen molar-refractivity contribution < 1.29 is 14.3 Å². The molecule has 0 saturated carbocycles. The van der Waals surface area contributed by atoms with Crippen LogP contribution in [0, 0.1) is 6.92 Å². The van der Waals surface area contributed by atoms with E-state index in [0.29, 0.717) is 5.69 Å². The SMILES string of the molecule is CCOC(=O)Nc1cn(CC(=O)Nc2cn[nH]c2C)nn1. The van der Waals surface area contributed by atoms with Gasteiger partial charge in [-0.15, -0.1) is 5.10 Å². The number of anilines is 2. The maximum Gasteiger partial charge on any atom is 0.412 e. The zero-order valence-corrected chi connectivity index (χ0v) is 11.6. The van der Waals surface area contributed by atoms with Gasteiger partial charge in [0.05, 0.1) is 30.4 Å². The molecule has 2 rings (SSSR count). The van der Waals surface area contributed by atoms with Gasteiger partial charge in [0.2, 0.25) is 5.91 Å². The van der Waals surface area contributed by atoms with Crippen LogP contribution in [-0.4, -0.2) is 43.8 Å². The predicted molar refractivity (Wildman–Crippen MR) is 72.6 cm³/mol. The highest BCUT2D eigenvalue weighted by atomic mass is 16.5. The van der Waals surface area contributed by atoms with Crippen LogP contribution in [0.4, 0.5) is 16.3 Å². The topological polar surface area (TPSA) is 127 Å². The summed E-state index contributed by atoms with van der Waals surface area (Å²) in [5, 5.41) is 19.0. The van der Waals surface area contributed by atoms with Crippen LogP contribution in [0.1, 0.15) is 12.6 Å². The highest BCUT2D eigenvalue weighted by molar-refractivity contribution is 5.91. The number of aryl methyl sites for hydroxylation is 1. The fourth-order valence-electron chi connectivity index (χ4n) is 1.52. The second-order valence-electron chi connectivity index (χ2n) is 4.10. The minimum absolute atomic E-state index is 0.0396. The summed E-state index contributed by atoms with van der Waals surface area (Å²) >= 11 is 0. The molecule has 0 spiro atoms. The lowest BCUT2D eigenvalue weighted by Gasteiger charge is -2.03. The maximum atomic E-state index is 11.8. The monoisotopic (exact) mass is 293 g/mol. The summed E-state index contributed by atoms with van der Waals surface area (Å²) in [5.41, 5.74) is 1.36. The fraction of sp³-hybridized carbons (Fsp3) is 0.364. The molecule has 0 aromatic carbocycles. The number of ether oxygens (including phenoxy) is 1. The number of hydrogen-bond acceptors (Lipinski definition) is 6. The Bertz CT molecular complexity index is 633. The Labute approximate surface area is 119 Å². The van der Waals surface area contributed by atoms with Crippen LogP contribution < -0.4 is 10.6 Å². The van der Waals surface area contributed by atoms with Crippen molar-refractivity contribution in [3.63, 3.8) is 0 Å². The van der Waals surface area contributed by atoms with Crippen molar-refractivity contribution in [1.82, 2.24) is 25.2 Å². The van der Waals surface area contributed by atoms with E-state index in [1.54, 1.807) is 13.8 Å². The normalized spacial score (nSPS) is 10.2. The summed E-state index contributed by atoms with van der Waals surface area (Å²) in [6, 6.07) is 0. The summed E-state index contributed by atoms with van der Waals surface area (Å²) in [6.07, 6.45) is 2.32. The summed E-state index contributed by atoms with van der Waals surface area (Å²) < 4.78 is 6.00. The Hall–Kier alpha value is -2.91. The van der Waals surface area contributed by atoms with E-state index in [1.165, 1.54) is 17.1 Å². The number of hydrogen-bond donors (Lipinski definition) is 3. The molecule has 0 atom stereocenters. The van der Waals surface area contributed by atoms with Crippen LogP contribution in [0.25, 0.3) is 0 Å². The quantitative estimate of drug-likeness (QED) is 0.737. The molecule has 0 radical (unpaired) electrons. The predicted octanol–water partition coefficient (Wildman–Crippen LogP) is 0.517. The second-order valence-corrected chi connectivity index (χ2v) is 4.10. The Morgan fingerprint density at radius 3 is 2.90 bits per heavy atom. The molecule has 0 unspecified atom stereocenters. The summed E-state index contributed by atoms with van der Waals surface area (Å²) in [6.45, 7) is 3.70. The zero-order chi connectivity index (χ0) is 15.2. The standard InChI is InChI=1S/C11H15N7O3/c1-3-21-11(20)14-9-5-18(17-16-9)6-10(19)13-8-4-12-15-7(8)2/h4-5H,3,6H2,1-2H3,(H,12,15)(H,13,19)(H,14,20). The first-order valence-electron chi connectivity index (χ1n) is 6.22. The Morgan fingerprint density at radius 2 is 2.24 bits per heavy atom. The van der Waals surface area contributed by atoms with Crippen LogP contribution in [0.3, 0.4) is 0 Å². The highest BCUT2D eigenvalue weighted by Crippen LogP contribution is 2.09. The number of aromatic amines is 1. The fourth-order valence-corrected chi connectivity index (χ4v) is 1.52. The molecule has 21 heavy (non-hydrogen) atoms. The lowest BCUT2D eigenvalue weighted by Crippen LogP contribution is -2.19. The first kappa shape index (κ1) is 14.5. The van der Waals surface area contributed by atoms with Gasteiger partial charge in [0, 0.05) is 0 Å². The van der Waals surface area contributed by atoms with E-state index in [2.05, 4.69) is 31.1 Å². The Balaban J connectivity index is 1.88. The molecule has 0 saturated heterocycles. The first-order valence-corrected chi connectivity index (χ1v) is 6.22. The molecule has 112 valence electrons. The summed E-state index contributed by atoms with van der Waals surface area (Å²) in [4.78, 5) is 23.0. The van der Waals surface area contributed by atoms with E-state index in [9.17, 15) is 9.59 Å². The third kappa shape index (κ3) is 4.03. The number of carbonyl (C=O) groups excluding carboxylic acids is 2. The van der Waals surface area contributed by atoms with E-state index in [-0.39, 0.29) is 24.9 Å². The molecule has 2 amide bonds. The molecule has 0 aliphatic heterocycles. The number of rotatable bonds is 5. The van der Waals surface area contributed by atoms with Gasteiger partial charge in [-0.05, 0) is 13.8 Å². The average Bonchev–Trinajstić information content (AvgIpc) is 3.00. The lowest BCUT2D eigenvalue weighted by molar-refractivity contribution is -0.116. The molecule has 2 aromatic heterocycles. The number of H-pyrrole nitrogens is 1. The van der Waals surface area contributed by atoms with Crippen molar-refractivity contribution in [1.29, 1.82) is 0 Å². The summed E-state index contributed by atoms with van der Waals surface area (Å²) in [7, 11) is 0. The van der Waals surface area contributed by atoms with Crippen LogP contribution >= 0.6 is 0 Å². The minimum atomic E-state index is -0.622. The average molecular weight is 293 g/mol. The molecule has 3 N–H and O–H groups in total. The molecule has 10 heteroatoms. The second kappa shape index (κ2) is 6.50. The van der Waals surface area contributed by atoms with Crippen LogP contribution in [-0.2, 0) is 16.1 Å². The Morgan fingerprint density at radius 1 is 1.43 bits per heavy atom. The molecule has 10 nitrogen and oxygen atoms in total. The molecule has 0 aliphatic rings. The van der Waals surface area contributed by atoms with Crippen LogP contribution in [0.2, 0.25) is 0 Å². The number of nitrogens with zero attached hydrogens (tertiary/aromatic N) is 4. The smallest absolute Gasteiger partial charge is 0.412 e. The van der Waals surface area contributed by atoms with Gasteiger partial charge < -0.3 is 10.1 Å². The third-order valence-corrected chi connectivity index (χ3v) is 2.45. The van der Waals surface area contributed by atoms with Crippen molar-refractivity contribution >= 4 is 23.5 Å². The van der Waals surface area contributed by atoms with Gasteiger partial charge in [0.15, 0.2) is 5.82 Å². The first-order chi connectivity index (χ1) is 10.1. The van der Waals surface area contributed by atoms with Gasteiger partial charge in [-0.3, -0.25) is 15.2 Å². The number of nitrogens with one attached hydrogen (secondary N) is 3. The van der Waals surface area contributed by atoms with Gasteiger partial charge in [0.25, 0.3) is 0 Å². The van der Waals surface area contributed by atoms with Gasteiger partial charge in [-0.25, -0.2) is 9.48 Å². The molecule has 2 aromatic rings. The molecule has 2 heterocycles. The van der Waals surface area contributed by atoms with Gasteiger partial charge >= 0.3 is 6.09 Å². The Kier molecular flexibility index (Phi) is 4.49. The highest BCUT2D eigenvalue weighted by Gasteiger charge is 2.10. The van der Waals surface area contributed by atoms with E-state index >= 15 is 0 Å². The number of amides is 2. The van der Waals surface area contributed by atoms with E-state index in [1.807, 2.05) is 0 Å². The number of carbonyl (C=O) groups is 2. The molecule has 0 fully saturated rings. The zero-order valence-electron chi connectivity index (χ0n) is 11.6. The minimum Gasteiger partial charge on any atom is -0.450 e. The summed E-state index contributed by atoms with van der Waals surface area (Å²) in [5.74, 6) is -0.0761. The van der Waals surface area contributed by atoms with Crippen LogP contribution in [0.5, 0.6) is 0 Å². The lowest BCUT2D eigenvalue weighted by atomic mass is 10.4. The van der Waals surface area contributed by atoms with E-state index in [0.717, 1.165) is 5.69 Å². The van der Waals surface area contributed by atoms with Crippen molar-refractivity contribution in [2.75, 3.05) is 17.2 Å². The van der Waals surface area contributed by atoms with Crippen molar-refractivity contribution in [3.05, 3.63) is 18.1 Å². The van der Waals surface area contributed by atoms with E-state index in [4.69, 9.17) is 4.74 Å². The molecule has 0 bridgehead atoms. The third-order valence-electron chi connectivity index (χ3n) is 2.45. The van der Waals surface area contributed by atoms with E-state index < -0.39 is 6.09 Å². The van der Waals surface area contributed by atoms with Crippen LogP contribution in [0.15, 0.2) is 12.4 Å². The molecular formula is C11H15N7O3.